The average molecular weight is 547 g/mol. The molecule has 35 heavy (non-hydrogen) atoms. The highest BCUT2D eigenvalue weighted by Crippen LogP contribution is 2.51. The maximum absolute atomic E-state index is 13.9. The number of fused-ring (bicyclic) bond motifs is 1. The van der Waals surface area contributed by atoms with Crippen molar-refractivity contribution in [2.24, 2.45) is 4.99 Å². The van der Waals surface area contributed by atoms with Gasteiger partial charge in [-0.3, -0.25) is 0 Å². The Balaban J connectivity index is 1.48. The Morgan fingerprint density at radius 2 is 1.57 bits per heavy atom. The molecule has 0 bridgehead atoms. The Kier molecular flexibility index (Phi) is 5.94. The van der Waals surface area contributed by atoms with Gasteiger partial charge >= 0.3 is 0 Å². The zero-order valence-corrected chi connectivity index (χ0v) is 21.1. The number of hydrogen-bond acceptors (Lipinski definition) is 3. The zero-order chi connectivity index (χ0) is 23.9. The Morgan fingerprint density at radius 3 is 2.29 bits per heavy atom. The molecule has 1 aliphatic carbocycles. The van der Waals surface area contributed by atoms with Crippen LogP contribution in [-0.2, 0) is 0 Å². The molecule has 0 N–H and O–H groups in total. The fourth-order valence-corrected chi connectivity index (χ4v) is 6.14. The number of amidine groups is 1. The third-order valence-electron chi connectivity index (χ3n) is 6.57. The monoisotopic (exact) mass is 546 g/mol. The summed E-state index contributed by atoms with van der Waals surface area (Å²) >= 11 is 5.15. The van der Waals surface area contributed by atoms with E-state index in [2.05, 4.69) is 44.4 Å². The number of aliphatic imine (C=N–C) groups is 1. The second kappa shape index (κ2) is 9.25. The van der Waals surface area contributed by atoms with Gasteiger partial charge in [-0.1, -0.05) is 64.1 Å². The summed E-state index contributed by atoms with van der Waals surface area (Å²) in [6, 6.07) is 21.6. The first-order chi connectivity index (χ1) is 17.1. The van der Waals surface area contributed by atoms with Crippen molar-refractivity contribution in [3.63, 3.8) is 0 Å². The van der Waals surface area contributed by atoms with E-state index < -0.39 is 0 Å². The van der Waals surface area contributed by atoms with Crippen LogP contribution < -0.4 is 0 Å². The van der Waals surface area contributed by atoms with Gasteiger partial charge in [0.2, 0.25) is 0 Å². The van der Waals surface area contributed by atoms with Crippen LogP contribution in [0.5, 0.6) is 0 Å². The van der Waals surface area contributed by atoms with Gasteiger partial charge < -0.3 is 4.90 Å². The molecule has 6 heteroatoms. The number of thioether (sulfide) groups is 1. The van der Waals surface area contributed by atoms with Crippen molar-refractivity contribution in [2.45, 2.75) is 25.3 Å². The summed E-state index contributed by atoms with van der Waals surface area (Å²) < 4.78 is 28.3. The van der Waals surface area contributed by atoms with Crippen molar-refractivity contribution in [1.82, 2.24) is 4.90 Å². The van der Waals surface area contributed by atoms with Crippen LogP contribution >= 0.6 is 27.7 Å². The summed E-state index contributed by atoms with van der Waals surface area (Å²) in [7, 11) is 0. The second-order valence-corrected chi connectivity index (χ2v) is 10.5. The van der Waals surface area contributed by atoms with E-state index in [0.717, 1.165) is 62.6 Å². The molecule has 0 fully saturated rings. The van der Waals surface area contributed by atoms with Crippen LogP contribution in [0.3, 0.4) is 0 Å². The van der Waals surface area contributed by atoms with Crippen molar-refractivity contribution in [3.05, 3.63) is 128 Å². The van der Waals surface area contributed by atoms with Gasteiger partial charge in [0.1, 0.15) is 11.6 Å². The number of allylic oxidation sites excluding steroid dienone is 1. The summed E-state index contributed by atoms with van der Waals surface area (Å²) in [5.41, 5.74) is 7.62. The van der Waals surface area contributed by atoms with E-state index in [1.54, 1.807) is 23.9 Å². The maximum atomic E-state index is 13.9. The standard InChI is InChI=1S/C29H21BrF2N2S/c30-22-10-6-19(7-11-22)26-17-35-29-33-27-21(16-18-4-12-23(31)13-5-18)2-1-3-25(27)28(34(26)29)20-8-14-24(32)15-9-20/h4-17,28H,1-3H2/b21-16+. The van der Waals surface area contributed by atoms with Gasteiger partial charge in [0.05, 0.1) is 17.4 Å². The van der Waals surface area contributed by atoms with E-state index in [9.17, 15) is 8.78 Å². The molecular weight excluding hydrogens is 526 g/mol. The summed E-state index contributed by atoms with van der Waals surface area (Å²) in [6.07, 6.45) is 4.97. The third-order valence-corrected chi connectivity index (χ3v) is 7.94. The average Bonchev–Trinajstić information content (AvgIpc) is 3.29. The topological polar surface area (TPSA) is 15.6 Å². The van der Waals surface area contributed by atoms with Gasteiger partial charge in [-0.05, 0) is 89.6 Å². The molecule has 174 valence electrons. The fourth-order valence-electron chi connectivity index (χ4n) is 4.95. The number of hydrogen-bond donors (Lipinski definition) is 0. The van der Waals surface area contributed by atoms with Crippen LogP contribution in [0.15, 0.2) is 105 Å². The van der Waals surface area contributed by atoms with Gasteiger partial charge in [-0.25, -0.2) is 13.8 Å². The van der Waals surface area contributed by atoms with Crippen molar-refractivity contribution >= 4 is 44.6 Å². The van der Waals surface area contributed by atoms with E-state index in [1.807, 2.05) is 24.3 Å². The van der Waals surface area contributed by atoms with Gasteiger partial charge in [0.25, 0.3) is 0 Å². The van der Waals surface area contributed by atoms with E-state index in [-0.39, 0.29) is 17.7 Å². The predicted molar refractivity (Wildman–Crippen MR) is 143 cm³/mol. The largest absolute Gasteiger partial charge is 0.308 e. The molecular formula is C29H21BrF2N2S. The zero-order valence-electron chi connectivity index (χ0n) is 18.7. The minimum absolute atomic E-state index is 0.0695. The van der Waals surface area contributed by atoms with Crippen molar-refractivity contribution in [3.8, 4) is 0 Å². The van der Waals surface area contributed by atoms with Gasteiger partial charge in [0.15, 0.2) is 5.17 Å². The Morgan fingerprint density at radius 1 is 0.886 bits per heavy atom. The highest BCUT2D eigenvalue weighted by Gasteiger charge is 2.40. The summed E-state index contributed by atoms with van der Waals surface area (Å²) in [5, 5.41) is 3.07. The lowest BCUT2D eigenvalue weighted by Gasteiger charge is -2.40. The van der Waals surface area contributed by atoms with Crippen LogP contribution in [0.4, 0.5) is 8.78 Å². The Hall–Kier alpha value is -2.96. The number of halogens is 3. The van der Waals surface area contributed by atoms with Crippen LogP contribution in [0, 0.1) is 11.6 Å². The summed E-state index contributed by atoms with van der Waals surface area (Å²) in [5.74, 6) is -0.484. The Bertz CT molecular complexity index is 1400. The molecule has 0 saturated heterocycles. The summed E-state index contributed by atoms with van der Waals surface area (Å²) in [6.45, 7) is 0. The van der Waals surface area contributed by atoms with Gasteiger partial charge in [-0.2, -0.15) is 0 Å². The Labute approximate surface area is 215 Å². The molecule has 2 heterocycles. The molecule has 6 rings (SSSR count). The van der Waals surface area contributed by atoms with Gasteiger partial charge in [0, 0.05) is 9.88 Å². The van der Waals surface area contributed by atoms with Crippen molar-refractivity contribution < 1.29 is 8.78 Å². The highest BCUT2D eigenvalue weighted by atomic mass is 79.9. The lowest BCUT2D eigenvalue weighted by Crippen LogP contribution is -2.34. The SMILES string of the molecule is Fc1ccc(/C=C2\CCCC3=C2N=C2SC=C(c4ccc(Br)cc4)N2C3c2ccc(F)cc2)cc1. The van der Waals surface area contributed by atoms with Crippen LogP contribution in [-0.4, -0.2) is 10.1 Å². The molecule has 0 saturated carbocycles. The normalized spacial score (nSPS) is 20.5. The van der Waals surface area contributed by atoms with Gasteiger partial charge in [-0.15, -0.1) is 0 Å². The molecule has 0 spiro atoms. The van der Waals surface area contributed by atoms with E-state index in [4.69, 9.17) is 4.99 Å². The molecule has 3 aromatic carbocycles. The first-order valence-corrected chi connectivity index (χ1v) is 13.2. The van der Waals surface area contributed by atoms with Crippen molar-refractivity contribution in [1.29, 1.82) is 0 Å². The summed E-state index contributed by atoms with van der Waals surface area (Å²) in [4.78, 5) is 7.45. The third kappa shape index (κ3) is 4.30. The molecule has 1 unspecified atom stereocenters. The molecule has 0 amide bonds. The number of rotatable bonds is 3. The highest BCUT2D eigenvalue weighted by molar-refractivity contribution is 9.10. The quantitative estimate of drug-likeness (QED) is 0.326. The molecule has 3 aromatic rings. The lowest BCUT2D eigenvalue weighted by molar-refractivity contribution is 0.457. The molecule has 0 aromatic heterocycles. The number of benzene rings is 3. The smallest absolute Gasteiger partial charge is 0.174 e. The maximum Gasteiger partial charge on any atom is 0.174 e. The first-order valence-electron chi connectivity index (χ1n) is 11.5. The number of nitrogens with zero attached hydrogens (tertiary/aromatic N) is 2. The predicted octanol–water partition coefficient (Wildman–Crippen LogP) is 8.71. The second-order valence-electron chi connectivity index (χ2n) is 8.79. The van der Waals surface area contributed by atoms with Crippen LogP contribution in [0.1, 0.15) is 42.0 Å². The molecule has 0 radical (unpaired) electrons. The first kappa shape index (κ1) is 22.5. The lowest BCUT2D eigenvalue weighted by atomic mass is 9.82. The molecule has 1 atom stereocenters. The minimum Gasteiger partial charge on any atom is -0.308 e. The molecule has 2 aliphatic heterocycles. The van der Waals surface area contributed by atoms with E-state index in [1.165, 1.54) is 29.8 Å². The van der Waals surface area contributed by atoms with Crippen molar-refractivity contribution in [2.75, 3.05) is 0 Å². The molecule has 2 nitrogen and oxygen atoms in total. The van der Waals surface area contributed by atoms with E-state index >= 15 is 0 Å². The van der Waals surface area contributed by atoms with E-state index in [0.29, 0.717) is 0 Å². The molecule has 3 aliphatic rings. The minimum atomic E-state index is -0.243. The van der Waals surface area contributed by atoms with Crippen LogP contribution in [0.2, 0.25) is 0 Å². The van der Waals surface area contributed by atoms with Crippen LogP contribution in [0.25, 0.3) is 11.8 Å². The fraction of sp³-hybridized carbons (Fsp3) is 0.138.